The molecular weight excluding hydrogens is 547 g/mol. The topological polar surface area (TPSA) is 104 Å². The van der Waals surface area contributed by atoms with Gasteiger partial charge in [-0.25, -0.2) is 9.37 Å². The second-order valence-corrected chi connectivity index (χ2v) is 11.2. The highest BCUT2D eigenvalue weighted by molar-refractivity contribution is 5.83. The first-order chi connectivity index (χ1) is 21.1. The quantitative estimate of drug-likeness (QED) is 0.139. The lowest BCUT2D eigenvalue weighted by Gasteiger charge is -2.30. The first kappa shape index (κ1) is 28.9. The maximum absolute atomic E-state index is 14.7. The average molecular weight is 587 g/mol. The maximum Gasteiger partial charge on any atom is 0.207 e. The van der Waals surface area contributed by atoms with Crippen LogP contribution in [0, 0.1) is 5.82 Å². The van der Waals surface area contributed by atoms with Crippen molar-refractivity contribution in [3.05, 3.63) is 72.3 Å². The predicted molar refractivity (Wildman–Crippen MR) is 166 cm³/mol. The summed E-state index contributed by atoms with van der Waals surface area (Å²) in [6.45, 7) is 5.65. The fourth-order valence-electron chi connectivity index (χ4n) is 5.88. The molecule has 226 valence electrons. The second kappa shape index (κ2) is 13.9. The van der Waals surface area contributed by atoms with E-state index in [9.17, 15) is 9.18 Å². The average Bonchev–Trinajstić information content (AvgIpc) is 3.72. The molecule has 3 heterocycles. The molecule has 0 spiro atoms. The molecule has 6 rings (SSSR count). The summed E-state index contributed by atoms with van der Waals surface area (Å²) in [5.74, 6) is 1.05. The lowest BCUT2D eigenvalue weighted by molar-refractivity contribution is -0.109. The van der Waals surface area contributed by atoms with E-state index in [2.05, 4.69) is 61.2 Å². The maximum atomic E-state index is 14.7. The number of halogens is 1. The molecule has 2 atom stereocenters. The predicted octanol–water partition coefficient (Wildman–Crippen LogP) is 4.04. The van der Waals surface area contributed by atoms with E-state index in [0.717, 1.165) is 91.3 Å². The van der Waals surface area contributed by atoms with E-state index in [0.29, 0.717) is 31.5 Å². The van der Waals surface area contributed by atoms with Crippen molar-refractivity contribution < 1.29 is 18.7 Å². The van der Waals surface area contributed by atoms with Crippen LogP contribution in [0.5, 0.6) is 11.5 Å². The summed E-state index contributed by atoms with van der Waals surface area (Å²) >= 11 is 0. The molecular formula is C33H39FN6O3. The molecule has 2 fully saturated rings. The van der Waals surface area contributed by atoms with Gasteiger partial charge in [0.05, 0.1) is 17.4 Å². The number of carbonyl (C=O) groups is 1. The van der Waals surface area contributed by atoms with E-state index in [1.165, 1.54) is 6.07 Å². The highest BCUT2D eigenvalue weighted by Crippen LogP contribution is 2.34. The third kappa shape index (κ3) is 7.44. The highest BCUT2D eigenvalue weighted by Gasteiger charge is 2.20. The van der Waals surface area contributed by atoms with Crippen molar-refractivity contribution in [3.8, 4) is 22.6 Å². The van der Waals surface area contributed by atoms with Crippen LogP contribution in [-0.4, -0.2) is 74.4 Å². The molecule has 2 aliphatic rings. The van der Waals surface area contributed by atoms with Crippen molar-refractivity contribution in [2.45, 2.75) is 37.9 Å². The van der Waals surface area contributed by atoms with E-state index >= 15 is 0 Å². The Morgan fingerprint density at radius 2 is 1.95 bits per heavy atom. The van der Waals surface area contributed by atoms with E-state index in [1.807, 2.05) is 12.1 Å². The second-order valence-electron chi connectivity index (χ2n) is 11.2. The third-order valence-electron chi connectivity index (χ3n) is 8.17. The SMILES string of the molecule is O=CNCCC(CCc1ccc(O[C@H]2CCNC2)c(-c2ccc3nc[nH]c3c2)c1)Oc1cc(F)cc(N2CCNCC2)c1. The standard InChI is InChI=1S/C33H39FN6O3/c34-25-17-26(40-13-11-35-12-14-40)19-29(18-25)42-27(7-10-37-22-41)4-1-23-2-6-33(43-28-8-9-36-20-28)30(15-23)24-3-5-31-32(16-24)39-21-38-31/h2-3,5-6,15-19,21-22,27-28,35-36H,1,4,7-14,20H2,(H,37,41)(H,38,39)/t27?,28-/m0/s1. The molecule has 4 aromatic rings. The van der Waals surface area contributed by atoms with Crippen LogP contribution in [0.2, 0.25) is 0 Å². The Morgan fingerprint density at radius 1 is 1.05 bits per heavy atom. The first-order valence-electron chi connectivity index (χ1n) is 15.2. The Kier molecular flexibility index (Phi) is 9.34. The minimum Gasteiger partial charge on any atom is -0.490 e. The number of imidazole rings is 1. The largest absolute Gasteiger partial charge is 0.490 e. The van der Waals surface area contributed by atoms with Gasteiger partial charge in [0.25, 0.3) is 0 Å². The number of aromatic amines is 1. The molecule has 43 heavy (non-hydrogen) atoms. The van der Waals surface area contributed by atoms with Crippen LogP contribution in [0.15, 0.2) is 60.9 Å². The summed E-state index contributed by atoms with van der Waals surface area (Å²) in [5.41, 5.74) is 5.96. The lowest BCUT2D eigenvalue weighted by atomic mass is 9.98. The van der Waals surface area contributed by atoms with Crippen LogP contribution in [0.25, 0.3) is 22.2 Å². The van der Waals surface area contributed by atoms with Gasteiger partial charge in [-0.2, -0.15) is 0 Å². The number of hydrogen-bond acceptors (Lipinski definition) is 7. The molecule has 0 bridgehead atoms. The number of aryl methyl sites for hydroxylation is 1. The Balaban J connectivity index is 1.21. The Morgan fingerprint density at radius 3 is 2.79 bits per heavy atom. The molecule has 10 heteroatoms. The fraction of sp³-hybridized carbons (Fsp3) is 0.394. The summed E-state index contributed by atoms with van der Waals surface area (Å²) in [4.78, 5) is 20.7. The first-order valence-corrected chi connectivity index (χ1v) is 15.2. The van der Waals surface area contributed by atoms with Gasteiger partial charge in [-0.15, -0.1) is 0 Å². The van der Waals surface area contributed by atoms with Gasteiger partial charge in [0.2, 0.25) is 6.41 Å². The molecule has 2 aliphatic heterocycles. The number of ether oxygens (including phenoxy) is 2. The number of H-pyrrole nitrogens is 1. The van der Waals surface area contributed by atoms with Crippen LogP contribution in [-0.2, 0) is 11.2 Å². The zero-order chi connectivity index (χ0) is 29.4. The zero-order valence-electron chi connectivity index (χ0n) is 24.3. The molecule has 4 N–H and O–H groups in total. The van der Waals surface area contributed by atoms with Gasteiger partial charge in [0.15, 0.2) is 0 Å². The number of anilines is 1. The van der Waals surface area contributed by atoms with E-state index in [1.54, 1.807) is 12.4 Å². The summed E-state index contributed by atoms with van der Waals surface area (Å²) < 4.78 is 27.5. The minimum atomic E-state index is -0.317. The normalized spacial score (nSPS) is 17.6. The number of amides is 1. The van der Waals surface area contributed by atoms with Crippen molar-refractivity contribution in [2.24, 2.45) is 0 Å². The van der Waals surface area contributed by atoms with Crippen molar-refractivity contribution >= 4 is 23.1 Å². The highest BCUT2D eigenvalue weighted by atomic mass is 19.1. The molecule has 0 radical (unpaired) electrons. The number of benzene rings is 3. The monoisotopic (exact) mass is 586 g/mol. The number of hydrogen-bond donors (Lipinski definition) is 4. The van der Waals surface area contributed by atoms with Crippen LogP contribution in [0.4, 0.5) is 10.1 Å². The van der Waals surface area contributed by atoms with Gasteiger partial charge >= 0.3 is 0 Å². The fourth-order valence-corrected chi connectivity index (χ4v) is 5.88. The van der Waals surface area contributed by atoms with Crippen molar-refractivity contribution in [3.63, 3.8) is 0 Å². The molecule has 1 unspecified atom stereocenters. The van der Waals surface area contributed by atoms with Crippen molar-refractivity contribution in [1.82, 2.24) is 25.9 Å². The molecule has 1 aromatic heterocycles. The Labute approximate surface area is 251 Å². The zero-order valence-corrected chi connectivity index (χ0v) is 24.3. The number of aromatic nitrogens is 2. The Hall–Kier alpha value is -4.15. The van der Waals surface area contributed by atoms with E-state index < -0.39 is 0 Å². The van der Waals surface area contributed by atoms with Gasteiger partial charge in [-0.05, 0) is 67.3 Å². The van der Waals surface area contributed by atoms with Crippen LogP contribution >= 0.6 is 0 Å². The number of fused-ring (bicyclic) bond motifs is 1. The van der Waals surface area contributed by atoms with Gasteiger partial charge in [0.1, 0.15) is 29.5 Å². The third-order valence-corrected chi connectivity index (χ3v) is 8.17. The number of piperazine rings is 1. The van der Waals surface area contributed by atoms with E-state index in [4.69, 9.17) is 9.47 Å². The molecule has 0 saturated carbocycles. The van der Waals surface area contributed by atoms with Crippen molar-refractivity contribution in [1.29, 1.82) is 0 Å². The molecule has 1 amide bonds. The molecule has 2 saturated heterocycles. The Bertz CT molecular complexity index is 1520. The van der Waals surface area contributed by atoms with E-state index in [-0.39, 0.29) is 18.0 Å². The summed E-state index contributed by atoms with van der Waals surface area (Å²) in [5, 5.41) is 9.45. The van der Waals surface area contributed by atoms with Crippen LogP contribution in [0.1, 0.15) is 24.8 Å². The molecule has 0 aliphatic carbocycles. The van der Waals surface area contributed by atoms with Crippen molar-refractivity contribution in [2.75, 3.05) is 50.7 Å². The smallest absolute Gasteiger partial charge is 0.207 e. The minimum absolute atomic E-state index is 0.140. The van der Waals surface area contributed by atoms with Gasteiger partial charge in [-0.1, -0.05) is 12.1 Å². The van der Waals surface area contributed by atoms with Crippen LogP contribution < -0.4 is 30.3 Å². The number of rotatable bonds is 13. The number of carbonyl (C=O) groups excluding carboxylic acids is 1. The van der Waals surface area contributed by atoms with Crippen LogP contribution in [0.3, 0.4) is 0 Å². The van der Waals surface area contributed by atoms with Gasteiger partial charge in [0, 0.05) is 69.1 Å². The number of nitrogens with zero attached hydrogens (tertiary/aromatic N) is 2. The van der Waals surface area contributed by atoms with Gasteiger partial charge in [-0.3, -0.25) is 4.79 Å². The summed E-state index contributed by atoms with van der Waals surface area (Å²) in [7, 11) is 0. The number of nitrogens with one attached hydrogen (secondary N) is 4. The lowest BCUT2D eigenvalue weighted by Crippen LogP contribution is -2.43. The molecule has 3 aromatic carbocycles. The summed E-state index contributed by atoms with van der Waals surface area (Å²) in [6, 6.07) is 17.5. The summed E-state index contributed by atoms with van der Waals surface area (Å²) in [6.07, 6.45) is 5.36. The molecule has 9 nitrogen and oxygen atoms in total. The van der Waals surface area contributed by atoms with Gasteiger partial charge < -0.3 is 35.3 Å².